The van der Waals surface area contributed by atoms with E-state index in [0.29, 0.717) is 12.5 Å². The van der Waals surface area contributed by atoms with Crippen LogP contribution >= 0.6 is 0 Å². The van der Waals surface area contributed by atoms with Gasteiger partial charge < -0.3 is 9.84 Å². The fraction of sp³-hybridized carbons (Fsp3) is 0.571. The van der Waals surface area contributed by atoms with Crippen molar-refractivity contribution >= 4 is 5.97 Å². The van der Waals surface area contributed by atoms with E-state index in [2.05, 4.69) is 0 Å². The molecule has 3 nitrogen and oxygen atoms in total. The molecule has 1 N–H and O–H groups in total. The lowest BCUT2D eigenvalue weighted by molar-refractivity contribution is -0.131. The molecule has 0 aliphatic rings. The third-order valence-corrected chi connectivity index (χ3v) is 0.736. The van der Waals surface area contributed by atoms with Gasteiger partial charge in [0.05, 0.1) is 18.9 Å². The molecule has 0 unspecified atom stereocenters. The van der Waals surface area contributed by atoms with Gasteiger partial charge in [0.25, 0.3) is 0 Å². The maximum Gasteiger partial charge on any atom is 0.331 e. The first-order chi connectivity index (χ1) is 4.63. The first-order valence-electron chi connectivity index (χ1n) is 3.14. The molecule has 0 aliphatic heterocycles. The fourth-order valence-corrected chi connectivity index (χ4v) is 0.354. The Balaban J connectivity index is 3.27. The number of carboxylic acids is 1. The van der Waals surface area contributed by atoms with Crippen LogP contribution in [0, 0.1) is 5.92 Å². The van der Waals surface area contributed by atoms with Crippen LogP contribution in [0.4, 0.5) is 0 Å². The summed E-state index contributed by atoms with van der Waals surface area (Å²) in [5.41, 5.74) is 0. The van der Waals surface area contributed by atoms with Gasteiger partial charge in [-0.15, -0.1) is 0 Å². The summed E-state index contributed by atoms with van der Waals surface area (Å²) in [5, 5.41) is 8.11. The van der Waals surface area contributed by atoms with Crippen molar-refractivity contribution in [2.45, 2.75) is 13.8 Å². The summed E-state index contributed by atoms with van der Waals surface area (Å²) < 4.78 is 4.84. The minimum Gasteiger partial charge on any atom is -0.501 e. The minimum absolute atomic E-state index is 0.429. The van der Waals surface area contributed by atoms with Gasteiger partial charge in [-0.05, 0) is 5.92 Å². The van der Waals surface area contributed by atoms with Gasteiger partial charge in [-0.1, -0.05) is 13.8 Å². The molecule has 0 atom stereocenters. The quantitative estimate of drug-likeness (QED) is 0.477. The SMILES string of the molecule is CC(C)COC=CC(=O)O. The summed E-state index contributed by atoms with van der Waals surface area (Å²) in [4.78, 5) is 9.88. The molecule has 10 heavy (non-hydrogen) atoms. The third kappa shape index (κ3) is 7.01. The molecule has 0 aromatic carbocycles. The molecule has 0 spiro atoms. The van der Waals surface area contributed by atoms with Crippen molar-refractivity contribution in [3.8, 4) is 0 Å². The Morgan fingerprint density at radius 2 is 2.30 bits per heavy atom. The standard InChI is InChI=1S/C7H12O3/c1-6(2)5-10-4-3-7(8)9/h3-4,6H,5H2,1-2H3,(H,8,9). The number of carbonyl (C=O) groups is 1. The number of ether oxygens (including phenoxy) is 1. The van der Waals surface area contributed by atoms with Crippen molar-refractivity contribution < 1.29 is 14.6 Å². The number of aliphatic carboxylic acids is 1. The molecule has 0 saturated heterocycles. The van der Waals surface area contributed by atoms with Gasteiger partial charge in [0.2, 0.25) is 0 Å². The van der Waals surface area contributed by atoms with Crippen LogP contribution in [-0.4, -0.2) is 17.7 Å². The molecule has 0 amide bonds. The van der Waals surface area contributed by atoms with E-state index in [9.17, 15) is 4.79 Å². The summed E-state index contributed by atoms with van der Waals surface area (Å²) in [5.74, 6) is -0.554. The fourth-order valence-electron chi connectivity index (χ4n) is 0.354. The Bertz CT molecular complexity index is 127. The number of hydrogen-bond acceptors (Lipinski definition) is 2. The normalized spacial score (nSPS) is 10.7. The second kappa shape index (κ2) is 4.85. The van der Waals surface area contributed by atoms with Gasteiger partial charge in [0, 0.05) is 0 Å². The second-order valence-corrected chi connectivity index (χ2v) is 2.37. The van der Waals surface area contributed by atoms with E-state index in [0.717, 1.165) is 6.08 Å². The van der Waals surface area contributed by atoms with Crippen molar-refractivity contribution in [1.82, 2.24) is 0 Å². The summed E-state index contributed by atoms with van der Waals surface area (Å²) in [6, 6.07) is 0. The first kappa shape index (κ1) is 9.01. The highest BCUT2D eigenvalue weighted by molar-refractivity contribution is 5.79. The van der Waals surface area contributed by atoms with Gasteiger partial charge in [0.15, 0.2) is 0 Å². The molecule has 0 aromatic heterocycles. The lowest BCUT2D eigenvalue weighted by atomic mass is 10.2. The molecule has 0 saturated carbocycles. The van der Waals surface area contributed by atoms with E-state index in [4.69, 9.17) is 9.84 Å². The Labute approximate surface area is 60.3 Å². The van der Waals surface area contributed by atoms with E-state index in [1.54, 1.807) is 0 Å². The zero-order valence-corrected chi connectivity index (χ0v) is 6.20. The predicted molar refractivity (Wildman–Crippen MR) is 37.6 cm³/mol. The van der Waals surface area contributed by atoms with Gasteiger partial charge in [0.1, 0.15) is 0 Å². The van der Waals surface area contributed by atoms with E-state index < -0.39 is 5.97 Å². The third-order valence-electron chi connectivity index (χ3n) is 0.736. The lowest BCUT2D eigenvalue weighted by Gasteiger charge is -2.01. The molecule has 58 valence electrons. The maximum atomic E-state index is 9.88. The topological polar surface area (TPSA) is 46.5 Å². The van der Waals surface area contributed by atoms with Crippen LogP contribution in [0.3, 0.4) is 0 Å². The molecule has 0 rings (SSSR count). The molecular weight excluding hydrogens is 132 g/mol. The Morgan fingerprint density at radius 1 is 1.70 bits per heavy atom. The molecule has 0 fully saturated rings. The molecule has 3 heteroatoms. The maximum absolute atomic E-state index is 9.88. The van der Waals surface area contributed by atoms with Gasteiger partial charge >= 0.3 is 5.97 Å². The molecule has 0 radical (unpaired) electrons. The zero-order valence-electron chi connectivity index (χ0n) is 6.20. The van der Waals surface area contributed by atoms with E-state index >= 15 is 0 Å². The van der Waals surface area contributed by atoms with Crippen LogP contribution in [0.25, 0.3) is 0 Å². The van der Waals surface area contributed by atoms with Gasteiger partial charge in [-0.25, -0.2) is 4.79 Å². The smallest absolute Gasteiger partial charge is 0.331 e. The van der Waals surface area contributed by atoms with E-state index in [1.165, 1.54) is 6.26 Å². The van der Waals surface area contributed by atoms with Crippen LogP contribution in [0.15, 0.2) is 12.3 Å². The van der Waals surface area contributed by atoms with Crippen LogP contribution in [-0.2, 0) is 9.53 Å². The van der Waals surface area contributed by atoms with Crippen molar-refractivity contribution in [2.24, 2.45) is 5.92 Å². The highest BCUT2D eigenvalue weighted by Gasteiger charge is 1.90. The highest BCUT2D eigenvalue weighted by Crippen LogP contribution is 1.91. The lowest BCUT2D eigenvalue weighted by Crippen LogP contribution is -1.97. The highest BCUT2D eigenvalue weighted by atomic mass is 16.5. The monoisotopic (exact) mass is 144 g/mol. The summed E-state index contributed by atoms with van der Waals surface area (Å²) in [6.45, 7) is 4.55. The van der Waals surface area contributed by atoms with Gasteiger partial charge in [-0.2, -0.15) is 0 Å². The van der Waals surface area contributed by atoms with Gasteiger partial charge in [-0.3, -0.25) is 0 Å². The van der Waals surface area contributed by atoms with E-state index in [1.807, 2.05) is 13.8 Å². The summed E-state index contributed by atoms with van der Waals surface area (Å²) in [6.07, 6.45) is 2.17. The Kier molecular flexibility index (Phi) is 4.37. The minimum atomic E-state index is -0.983. The zero-order chi connectivity index (χ0) is 7.98. The van der Waals surface area contributed by atoms with E-state index in [-0.39, 0.29) is 0 Å². The predicted octanol–water partition coefficient (Wildman–Crippen LogP) is 1.26. The molecular formula is C7H12O3. The summed E-state index contributed by atoms with van der Waals surface area (Å²) in [7, 11) is 0. The number of carboxylic acid groups (broad SMARTS) is 1. The molecule has 0 heterocycles. The largest absolute Gasteiger partial charge is 0.501 e. The van der Waals surface area contributed by atoms with Crippen LogP contribution in [0.2, 0.25) is 0 Å². The molecule has 0 aromatic rings. The Morgan fingerprint density at radius 3 is 2.70 bits per heavy atom. The Hall–Kier alpha value is -0.990. The molecule has 0 bridgehead atoms. The van der Waals surface area contributed by atoms with Crippen molar-refractivity contribution in [3.05, 3.63) is 12.3 Å². The van der Waals surface area contributed by atoms with Crippen LogP contribution in [0.5, 0.6) is 0 Å². The average molecular weight is 144 g/mol. The van der Waals surface area contributed by atoms with Crippen molar-refractivity contribution in [3.63, 3.8) is 0 Å². The van der Waals surface area contributed by atoms with Crippen molar-refractivity contribution in [2.75, 3.05) is 6.61 Å². The number of hydrogen-bond donors (Lipinski definition) is 1. The van der Waals surface area contributed by atoms with Crippen LogP contribution < -0.4 is 0 Å². The summed E-state index contributed by atoms with van der Waals surface area (Å²) >= 11 is 0. The van der Waals surface area contributed by atoms with Crippen LogP contribution in [0.1, 0.15) is 13.8 Å². The second-order valence-electron chi connectivity index (χ2n) is 2.37. The van der Waals surface area contributed by atoms with Crippen molar-refractivity contribution in [1.29, 1.82) is 0 Å². The molecule has 0 aliphatic carbocycles. The first-order valence-corrected chi connectivity index (χ1v) is 3.14. The average Bonchev–Trinajstić information content (AvgIpc) is 1.79. The number of rotatable bonds is 4.